The summed E-state index contributed by atoms with van der Waals surface area (Å²) in [6.45, 7) is 17.1. The van der Waals surface area contributed by atoms with Crippen molar-refractivity contribution in [1.29, 1.82) is 0 Å². The quantitative estimate of drug-likeness (QED) is 0.778. The van der Waals surface area contributed by atoms with Crippen LogP contribution < -0.4 is 0 Å². The first-order valence-corrected chi connectivity index (χ1v) is 9.15. The summed E-state index contributed by atoms with van der Waals surface area (Å²) < 4.78 is 6.22. The van der Waals surface area contributed by atoms with Gasteiger partial charge in [0.25, 0.3) is 0 Å². The molecule has 0 aromatic heterocycles. The Morgan fingerprint density at radius 2 is 1.73 bits per heavy atom. The highest BCUT2D eigenvalue weighted by Crippen LogP contribution is 2.66. The van der Waals surface area contributed by atoms with Crippen molar-refractivity contribution in [2.24, 2.45) is 16.7 Å². The number of hydrogen-bond acceptors (Lipinski definition) is 3. The SMILES string of the molecule is CC(C)N(C[C@H](O)CO[C@H]1C[C@@H]2CC[C@]1(C)C2(C)C)C(C)C. The summed E-state index contributed by atoms with van der Waals surface area (Å²) in [7, 11) is 0. The summed E-state index contributed by atoms with van der Waals surface area (Å²) in [4.78, 5) is 2.33. The third kappa shape index (κ3) is 3.09. The van der Waals surface area contributed by atoms with Crippen molar-refractivity contribution in [2.75, 3.05) is 13.2 Å². The van der Waals surface area contributed by atoms with Crippen molar-refractivity contribution < 1.29 is 9.84 Å². The van der Waals surface area contributed by atoms with Crippen LogP contribution >= 0.6 is 0 Å². The Labute approximate surface area is 137 Å². The Bertz CT molecular complexity index is 372. The Morgan fingerprint density at radius 3 is 2.14 bits per heavy atom. The van der Waals surface area contributed by atoms with Crippen LogP contribution in [-0.4, -0.2) is 47.4 Å². The summed E-state index contributed by atoms with van der Waals surface area (Å²) in [5.41, 5.74) is 0.664. The lowest BCUT2D eigenvalue weighted by Crippen LogP contribution is -2.44. The van der Waals surface area contributed by atoms with E-state index in [2.05, 4.69) is 53.4 Å². The maximum Gasteiger partial charge on any atom is 0.0900 e. The molecule has 2 aliphatic carbocycles. The highest BCUT2D eigenvalue weighted by atomic mass is 16.5. The Kier molecular flexibility index (Phi) is 5.31. The van der Waals surface area contributed by atoms with Gasteiger partial charge in [-0.2, -0.15) is 0 Å². The van der Waals surface area contributed by atoms with Crippen LogP contribution in [0.25, 0.3) is 0 Å². The third-order valence-corrected chi connectivity index (χ3v) is 6.95. The first-order chi connectivity index (χ1) is 10.1. The molecule has 130 valence electrons. The molecule has 0 saturated heterocycles. The van der Waals surface area contributed by atoms with Crippen LogP contribution in [-0.2, 0) is 4.74 Å². The average Bonchev–Trinajstić information content (AvgIpc) is 2.74. The van der Waals surface area contributed by atoms with Gasteiger partial charge in [0, 0.05) is 18.6 Å². The Hall–Kier alpha value is -0.120. The molecule has 2 fully saturated rings. The minimum Gasteiger partial charge on any atom is -0.389 e. The predicted octanol–water partition coefficient (Wildman–Crippen LogP) is 3.70. The molecule has 0 aromatic rings. The molecule has 2 bridgehead atoms. The van der Waals surface area contributed by atoms with E-state index in [0.29, 0.717) is 36.8 Å². The van der Waals surface area contributed by atoms with Gasteiger partial charge in [0.15, 0.2) is 0 Å². The number of fused-ring (bicyclic) bond motifs is 2. The number of nitrogens with zero attached hydrogens (tertiary/aromatic N) is 1. The fourth-order valence-electron chi connectivity index (χ4n) is 4.92. The third-order valence-electron chi connectivity index (χ3n) is 6.95. The molecule has 2 saturated carbocycles. The monoisotopic (exact) mass is 311 g/mol. The Balaban J connectivity index is 1.86. The van der Waals surface area contributed by atoms with Gasteiger partial charge < -0.3 is 9.84 Å². The van der Waals surface area contributed by atoms with E-state index in [4.69, 9.17) is 4.74 Å². The number of hydrogen-bond donors (Lipinski definition) is 1. The molecule has 0 unspecified atom stereocenters. The van der Waals surface area contributed by atoms with E-state index in [9.17, 15) is 5.11 Å². The van der Waals surface area contributed by atoms with Gasteiger partial charge in [-0.05, 0) is 63.7 Å². The standard InChI is InChI=1S/C19H37NO2/c1-13(2)20(14(3)4)11-16(21)12-22-17-10-15-8-9-19(17,7)18(15,5)6/h13-17,21H,8-12H2,1-7H3/t15-,16-,17-,19-/m0/s1. The zero-order valence-corrected chi connectivity index (χ0v) is 15.7. The first kappa shape index (κ1) is 18.2. The van der Waals surface area contributed by atoms with E-state index in [0.717, 1.165) is 5.92 Å². The van der Waals surface area contributed by atoms with Gasteiger partial charge in [0.2, 0.25) is 0 Å². The van der Waals surface area contributed by atoms with E-state index in [1.54, 1.807) is 0 Å². The maximum absolute atomic E-state index is 10.4. The molecule has 0 amide bonds. The van der Waals surface area contributed by atoms with Crippen LogP contribution in [0.15, 0.2) is 0 Å². The summed E-state index contributed by atoms with van der Waals surface area (Å²) >= 11 is 0. The molecule has 3 heteroatoms. The van der Waals surface area contributed by atoms with Gasteiger partial charge in [0.1, 0.15) is 0 Å². The van der Waals surface area contributed by atoms with Crippen LogP contribution in [0.2, 0.25) is 0 Å². The molecule has 2 rings (SSSR count). The molecule has 0 aromatic carbocycles. The van der Waals surface area contributed by atoms with Crippen molar-refractivity contribution in [3.63, 3.8) is 0 Å². The lowest BCUT2D eigenvalue weighted by molar-refractivity contribution is -0.0819. The largest absolute Gasteiger partial charge is 0.389 e. The molecule has 4 atom stereocenters. The van der Waals surface area contributed by atoms with E-state index in [-0.39, 0.29) is 5.41 Å². The van der Waals surface area contributed by atoms with Crippen LogP contribution in [0, 0.1) is 16.7 Å². The second kappa shape index (κ2) is 6.41. The number of aliphatic hydroxyl groups is 1. The van der Waals surface area contributed by atoms with E-state index >= 15 is 0 Å². The van der Waals surface area contributed by atoms with Gasteiger partial charge in [0.05, 0.1) is 18.8 Å². The molecule has 0 radical (unpaired) electrons. The first-order valence-electron chi connectivity index (χ1n) is 9.15. The molecule has 1 N–H and O–H groups in total. The van der Waals surface area contributed by atoms with Crippen LogP contribution in [0.1, 0.15) is 67.7 Å². The summed E-state index contributed by atoms with van der Waals surface area (Å²) in [5.74, 6) is 0.794. The Morgan fingerprint density at radius 1 is 1.14 bits per heavy atom. The molecular weight excluding hydrogens is 274 g/mol. The minimum absolute atomic E-state index is 0.285. The molecule has 2 aliphatic rings. The topological polar surface area (TPSA) is 32.7 Å². The molecule has 0 aliphatic heterocycles. The normalized spacial score (nSPS) is 35.0. The summed E-state index contributed by atoms with van der Waals surface area (Å²) in [6, 6.07) is 0.905. The molecule has 0 spiro atoms. The van der Waals surface area contributed by atoms with E-state index in [1.807, 2.05) is 0 Å². The highest BCUT2D eigenvalue weighted by Gasteiger charge is 2.61. The average molecular weight is 312 g/mol. The van der Waals surface area contributed by atoms with Crippen molar-refractivity contribution in [2.45, 2.75) is 92.0 Å². The summed E-state index contributed by atoms with van der Waals surface area (Å²) in [5, 5.41) is 10.4. The van der Waals surface area contributed by atoms with Crippen LogP contribution in [0.4, 0.5) is 0 Å². The van der Waals surface area contributed by atoms with E-state index in [1.165, 1.54) is 19.3 Å². The second-order valence-corrected chi connectivity index (χ2v) is 8.97. The van der Waals surface area contributed by atoms with Gasteiger partial charge >= 0.3 is 0 Å². The number of rotatable bonds is 7. The van der Waals surface area contributed by atoms with Gasteiger partial charge in [-0.25, -0.2) is 0 Å². The van der Waals surface area contributed by atoms with Crippen molar-refractivity contribution in [1.82, 2.24) is 4.90 Å². The van der Waals surface area contributed by atoms with Crippen molar-refractivity contribution >= 4 is 0 Å². The number of aliphatic hydroxyl groups excluding tert-OH is 1. The fourth-order valence-corrected chi connectivity index (χ4v) is 4.92. The summed E-state index contributed by atoms with van der Waals surface area (Å²) in [6.07, 6.45) is 3.72. The van der Waals surface area contributed by atoms with Crippen molar-refractivity contribution in [3.8, 4) is 0 Å². The van der Waals surface area contributed by atoms with Crippen molar-refractivity contribution in [3.05, 3.63) is 0 Å². The lowest BCUT2D eigenvalue weighted by atomic mass is 9.70. The zero-order valence-electron chi connectivity index (χ0n) is 15.7. The zero-order chi connectivity index (χ0) is 16.7. The molecular formula is C19H37NO2. The number of ether oxygens (including phenoxy) is 1. The van der Waals surface area contributed by atoms with Crippen LogP contribution in [0.5, 0.6) is 0 Å². The van der Waals surface area contributed by atoms with Gasteiger partial charge in [-0.3, -0.25) is 4.90 Å². The second-order valence-electron chi connectivity index (χ2n) is 8.97. The van der Waals surface area contributed by atoms with E-state index < -0.39 is 6.10 Å². The van der Waals surface area contributed by atoms with Crippen LogP contribution in [0.3, 0.4) is 0 Å². The molecule has 22 heavy (non-hydrogen) atoms. The highest BCUT2D eigenvalue weighted by molar-refractivity contribution is 5.11. The lowest BCUT2D eigenvalue weighted by Gasteiger charge is -2.39. The molecule has 3 nitrogen and oxygen atoms in total. The minimum atomic E-state index is -0.393. The smallest absolute Gasteiger partial charge is 0.0900 e. The molecule has 0 heterocycles. The fraction of sp³-hybridized carbons (Fsp3) is 1.00. The van der Waals surface area contributed by atoms with Gasteiger partial charge in [-0.1, -0.05) is 20.8 Å². The van der Waals surface area contributed by atoms with Gasteiger partial charge in [-0.15, -0.1) is 0 Å². The maximum atomic E-state index is 10.4. The predicted molar refractivity (Wildman–Crippen MR) is 92.0 cm³/mol.